The van der Waals surface area contributed by atoms with E-state index in [1.54, 1.807) is 12.1 Å². The predicted octanol–water partition coefficient (Wildman–Crippen LogP) is 5.11. The molecule has 0 bridgehead atoms. The predicted molar refractivity (Wildman–Crippen MR) is 130 cm³/mol. The van der Waals surface area contributed by atoms with E-state index in [2.05, 4.69) is 10.3 Å². The van der Waals surface area contributed by atoms with Gasteiger partial charge in [0, 0.05) is 31.4 Å². The van der Waals surface area contributed by atoms with Gasteiger partial charge in [0.05, 0.1) is 11.5 Å². The monoisotopic (exact) mass is 496 g/mol. The molecule has 8 heteroatoms. The third-order valence-corrected chi connectivity index (χ3v) is 6.23. The molecule has 0 radical (unpaired) electrons. The summed E-state index contributed by atoms with van der Waals surface area (Å²) in [4.78, 5) is 16.4. The highest BCUT2D eigenvalue weighted by Gasteiger charge is 2.65. The summed E-state index contributed by atoms with van der Waals surface area (Å²) in [6.45, 7) is 0.351. The first-order chi connectivity index (χ1) is 17.3. The molecule has 1 atom stereocenters. The van der Waals surface area contributed by atoms with Crippen molar-refractivity contribution in [2.24, 2.45) is 5.41 Å². The Labute approximate surface area is 207 Å². The molecule has 36 heavy (non-hydrogen) atoms. The van der Waals surface area contributed by atoms with Crippen molar-refractivity contribution in [3.8, 4) is 5.75 Å². The molecule has 1 amide bonds. The van der Waals surface area contributed by atoms with Gasteiger partial charge in [-0.05, 0) is 59.4 Å². The van der Waals surface area contributed by atoms with Crippen molar-refractivity contribution >= 4 is 11.5 Å². The molecule has 1 saturated carbocycles. The highest BCUT2D eigenvalue weighted by Crippen LogP contribution is 2.64. The van der Waals surface area contributed by atoms with Crippen LogP contribution in [-0.2, 0) is 17.8 Å². The first-order valence-electron chi connectivity index (χ1n) is 11.7. The average Bonchev–Trinajstić information content (AvgIpc) is 3.69. The number of rotatable bonds is 10. The lowest BCUT2D eigenvalue weighted by atomic mass is 9.89. The molecule has 2 N–H and O–H groups in total. The highest BCUT2D eigenvalue weighted by atomic mass is 19.4. The van der Waals surface area contributed by atoms with Crippen molar-refractivity contribution in [3.63, 3.8) is 0 Å². The van der Waals surface area contributed by atoms with Crippen molar-refractivity contribution in [2.75, 3.05) is 6.54 Å². The van der Waals surface area contributed by atoms with Crippen LogP contribution in [0.3, 0.4) is 0 Å². The van der Waals surface area contributed by atoms with E-state index in [4.69, 9.17) is 4.74 Å². The highest BCUT2D eigenvalue weighted by molar-refractivity contribution is 5.97. The average molecular weight is 497 g/mol. The van der Waals surface area contributed by atoms with Gasteiger partial charge in [-0.25, -0.2) is 0 Å². The number of amides is 1. The summed E-state index contributed by atoms with van der Waals surface area (Å²) >= 11 is 0. The zero-order valence-corrected chi connectivity index (χ0v) is 19.5. The van der Waals surface area contributed by atoms with Crippen LogP contribution in [0.25, 0.3) is 5.57 Å². The number of hydrogen-bond acceptors (Lipinski definition) is 4. The number of halogens is 3. The summed E-state index contributed by atoms with van der Waals surface area (Å²) in [7, 11) is 0. The van der Waals surface area contributed by atoms with Gasteiger partial charge in [-0.1, -0.05) is 42.5 Å². The fourth-order valence-electron chi connectivity index (χ4n) is 4.07. The molecule has 1 aliphatic rings. The summed E-state index contributed by atoms with van der Waals surface area (Å²) in [5.74, 6) is 0.0129. The Morgan fingerprint density at radius 2 is 1.69 bits per heavy atom. The molecule has 4 rings (SSSR count). The molecule has 0 aliphatic heterocycles. The van der Waals surface area contributed by atoms with Crippen molar-refractivity contribution < 1.29 is 27.8 Å². The molecule has 1 aromatic heterocycles. The van der Waals surface area contributed by atoms with Gasteiger partial charge in [0.1, 0.15) is 12.4 Å². The van der Waals surface area contributed by atoms with Gasteiger partial charge in [0.25, 0.3) is 0 Å². The Balaban J connectivity index is 1.32. The second kappa shape index (κ2) is 11.0. The van der Waals surface area contributed by atoms with Gasteiger partial charge in [0.2, 0.25) is 5.91 Å². The minimum Gasteiger partial charge on any atom is -0.489 e. The van der Waals surface area contributed by atoms with Gasteiger partial charge in [-0.2, -0.15) is 13.2 Å². The van der Waals surface area contributed by atoms with Crippen LogP contribution in [0.4, 0.5) is 13.2 Å². The maximum absolute atomic E-state index is 13.8. The molecular formula is C28H27F3N2O3. The summed E-state index contributed by atoms with van der Waals surface area (Å²) in [5.41, 5.74) is 0.109. The number of pyridine rings is 1. The number of alkyl halides is 3. The standard InChI is InChI=1S/C28H27F3N2O3/c29-28(30,31)27(12-13-27)25(22-10-14-32-15-11-22)17-26(35)33-18-23(34)16-20-6-8-24(9-7-20)36-19-21-4-2-1-3-5-21/h1-11,14-15,17,23,34H,12-13,16,18-19H2,(H,33,35)/t23-/m0/s1. The van der Waals surface area contributed by atoms with Gasteiger partial charge in [0.15, 0.2) is 0 Å². The van der Waals surface area contributed by atoms with Crippen LogP contribution in [-0.4, -0.2) is 34.8 Å². The molecule has 0 saturated heterocycles. The molecule has 1 aliphatic carbocycles. The minimum absolute atomic E-state index is 0.0639. The number of allylic oxidation sites excluding steroid dienone is 1. The van der Waals surface area contributed by atoms with E-state index in [0.29, 0.717) is 17.9 Å². The number of hydrogen-bond donors (Lipinski definition) is 2. The zero-order chi connectivity index (χ0) is 25.6. The molecule has 2 aromatic carbocycles. The Morgan fingerprint density at radius 1 is 1.03 bits per heavy atom. The van der Waals surface area contributed by atoms with E-state index in [9.17, 15) is 23.1 Å². The van der Waals surface area contributed by atoms with Gasteiger partial charge < -0.3 is 15.2 Å². The number of aliphatic hydroxyl groups excluding tert-OH is 1. The van der Waals surface area contributed by atoms with Crippen LogP contribution < -0.4 is 10.1 Å². The number of aromatic nitrogens is 1. The third kappa shape index (κ3) is 6.31. The van der Waals surface area contributed by atoms with Crippen LogP contribution in [0.1, 0.15) is 29.5 Å². The Hall–Kier alpha value is -3.65. The summed E-state index contributed by atoms with van der Waals surface area (Å²) in [6, 6.07) is 20.0. The lowest BCUT2D eigenvalue weighted by Gasteiger charge is -2.23. The van der Waals surface area contributed by atoms with E-state index in [1.807, 2.05) is 42.5 Å². The van der Waals surface area contributed by atoms with E-state index in [1.165, 1.54) is 24.5 Å². The van der Waals surface area contributed by atoms with Crippen LogP contribution in [0.15, 0.2) is 85.2 Å². The van der Waals surface area contributed by atoms with Crippen LogP contribution >= 0.6 is 0 Å². The van der Waals surface area contributed by atoms with Crippen molar-refractivity contribution in [1.29, 1.82) is 0 Å². The Morgan fingerprint density at radius 3 is 2.31 bits per heavy atom. The number of nitrogens with one attached hydrogen (secondary N) is 1. The summed E-state index contributed by atoms with van der Waals surface area (Å²) in [5, 5.41) is 12.9. The van der Waals surface area contributed by atoms with Crippen LogP contribution in [0, 0.1) is 5.41 Å². The van der Waals surface area contributed by atoms with Crippen molar-refractivity contribution in [1.82, 2.24) is 10.3 Å². The van der Waals surface area contributed by atoms with E-state index >= 15 is 0 Å². The molecule has 1 heterocycles. The van der Waals surface area contributed by atoms with Crippen LogP contribution in [0.2, 0.25) is 0 Å². The SMILES string of the molecule is O=C(C=C(c1ccncc1)C1(C(F)(F)F)CC1)NC[C@@H](O)Cc1ccc(OCc2ccccc2)cc1. The molecule has 5 nitrogen and oxygen atoms in total. The van der Waals surface area contributed by atoms with Gasteiger partial charge in [-0.3, -0.25) is 9.78 Å². The number of aliphatic hydroxyl groups is 1. The molecule has 188 valence electrons. The number of nitrogens with zero attached hydrogens (tertiary/aromatic N) is 1. The quantitative estimate of drug-likeness (QED) is 0.383. The van der Waals surface area contributed by atoms with E-state index in [0.717, 1.165) is 17.2 Å². The topological polar surface area (TPSA) is 71.5 Å². The van der Waals surface area contributed by atoms with Crippen molar-refractivity contribution in [3.05, 3.63) is 102 Å². The summed E-state index contributed by atoms with van der Waals surface area (Å²) in [6.07, 6.45) is -1.42. The van der Waals surface area contributed by atoms with Crippen molar-refractivity contribution in [2.45, 2.75) is 38.1 Å². The molecule has 0 unspecified atom stereocenters. The van der Waals surface area contributed by atoms with Gasteiger partial charge in [-0.15, -0.1) is 0 Å². The van der Waals surface area contributed by atoms with Crippen LogP contribution in [0.5, 0.6) is 5.75 Å². The summed E-state index contributed by atoms with van der Waals surface area (Å²) < 4.78 is 47.0. The number of ether oxygens (including phenoxy) is 1. The smallest absolute Gasteiger partial charge is 0.398 e. The largest absolute Gasteiger partial charge is 0.489 e. The van der Waals surface area contributed by atoms with Gasteiger partial charge >= 0.3 is 6.18 Å². The van der Waals surface area contributed by atoms with E-state index < -0.39 is 23.6 Å². The maximum atomic E-state index is 13.8. The Bertz CT molecular complexity index is 1180. The normalized spacial score (nSPS) is 15.7. The number of benzene rings is 2. The first kappa shape index (κ1) is 25.4. The Kier molecular flexibility index (Phi) is 7.74. The second-order valence-corrected chi connectivity index (χ2v) is 8.90. The fraction of sp³-hybridized carbons (Fsp3) is 0.286. The maximum Gasteiger partial charge on any atom is 0.398 e. The second-order valence-electron chi connectivity index (χ2n) is 8.90. The molecule has 3 aromatic rings. The minimum atomic E-state index is -4.46. The first-order valence-corrected chi connectivity index (χ1v) is 11.7. The lowest BCUT2D eigenvalue weighted by molar-refractivity contribution is -0.168. The molecular weight excluding hydrogens is 469 g/mol. The fourth-order valence-corrected chi connectivity index (χ4v) is 4.07. The molecule has 1 fully saturated rings. The van der Waals surface area contributed by atoms with E-state index in [-0.39, 0.29) is 31.4 Å². The number of carbonyl (C=O) groups excluding carboxylic acids is 1. The number of carbonyl (C=O) groups is 1. The zero-order valence-electron chi connectivity index (χ0n) is 19.5. The lowest BCUT2D eigenvalue weighted by Crippen LogP contribution is -2.33. The molecule has 0 spiro atoms. The third-order valence-electron chi connectivity index (χ3n) is 6.23.